The van der Waals surface area contributed by atoms with Crippen molar-refractivity contribution in [2.75, 3.05) is 0 Å². The number of benzene rings is 16. The van der Waals surface area contributed by atoms with Gasteiger partial charge in [0.15, 0.2) is 0 Å². The zero-order valence-corrected chi connectivity index (χ0v) is 63.5. The Morgan fingerprint density at radius 1 is 0.347 bits per heavy atom. The number of rotatable bonds is 13. The average molecular weight is 1520 g/mol. The highest BCUT2D eigenvalue weighted by Crippen LogP contribution is 2.53. The molecule has 0 fully saturated rings. The second-order valence-electron chi connectivity index (χ2n) is 30.0. The van der Waals surface area contributed by atoms with Crippen LogP contribution < -0.4 is 0 Å². The Hall–Kier alpha value is -15.2. The largest absolute Gasteiger partial charge is 0.456 e. The lowest BCUT2D eigenvalue weighted by Gasteiger charge is -2.26. The molecule has 2 aliphatic carbocycles. The lowest BCUT2D eigenvalue weighted by Crippen LogP contribution is -2.16. The molecule has 6 heteroatoms. The molecule has 118 heavy (non-hydrogen) atoms. The first-order chi connectivity index (χ1) is 63.4. The molecule has 554 valence electrons. The quantitative estimate of drug-likeness (QED) is 0.0499. The summed E-state index contributed by atoms with van der Waals surface area (Å²) in [6, 6.07) is 88.7. The second kappa shape index (κ2) is 29.0. The first-order valence-corrected chi connectivity index (χ1v) is 39.4. The van der Waals surface area contributed by atoms with Gasteiger partial charge in [-0.05, 0) is 186 Å². The van der Waals surface area contributed by atoms with E-state index in [2.05, 4.69) is 158 Å². The summed E-state index contributed by atoms with van der Waals surface area (Å²) in [5, 5.41) is 11.8. The van der Waals surface area contributed by atoms with E-state index < -0.39 is 30.2 Å². The highest BCUT2D eigenvalue weighted by atomic mass is 16.3. The van der Waals surface area contributed by atoms with Gasteiger partial charge in [-0.3, -0.25) is 9.98 Å². The Bertz CT molecular complexity index is 8270. The molecular weight excluding hydrogens is 1430 g/mol. The Morgan fingerprint density at radius 3 is 1.46 bits per heavy atom. The molecule has 0 N–H and O–H groups in total. The van der Waals surface area contributed by atoms with Crippen LogP contribution in [0.15, 0.2) is 407 Å². The van der Waals surface area contributed by atoms with E-state index in [1.165, 1.54) is 16.2 Å². The third-order valence-corrected chi connectivity index (χ3v) is 23.3. The van der Waals surface area contributed by atoms with E-state index in [4.69, 9.17) is 29.3 Å². The maximum absolute atomic E-state index is 9.79. The van der Waals surface area contributed by atoms with Gasteiger partial charge >= 0.3 is 0 Å². The van der Waals surface area contributed by atoms with Gasteiger partial charge in [0.25, 0.3) is 0 Å². The zero-order chi connectivity index (χ0) is 88.8. The van der Waals surface area contributed by atoms with E-state index >= 15 is 0 Å². The molecule has 4 unspecified atom stereocenters. The lowest BCUT2D eigenvalue weighted by atomic mass is 9.86. The van der Waals surface area contributed by atoms with Gasteiger partial charge in [0, 0.05) is 62.6 Å². The first-order valence-electron chi connectivity index (χ1n) is 45.4. The summed E-state index contributed by atoms with van der Waals surface area (Å²) in [6.07, 6.45) is 15.5. The molecule has 16 aromatic carbocycles. The molecule has 0 saturated heterocycles. The van der Waals surface area contributed by atoms with Crippen molar-refractivity contribution < 1.29 is 25.3 Å². The van der Waals surface area contributed by atoms with Crippen molar-refractivity contribution in [2.24, 2.45) is 21.8 Å². The van der Waals surface area contributed by atoms with E-state index in [1.54, 1.807) is 24.4 Å². The molecule has 6 nitrogen and oxygen atoms in total. The summed E-state index contributed by atoms with van der Waals surface area (Å²) >= 11 is 0. The van der Waals surface area contributed by atoms with E-state index in [-0.39, 0.29) is 110 Å². The molecule has 0 saturated carbocycles. The third kappa shape index (κ3) is 11.8. The molecule has 3 aliphatic rings. The number of aliphatic imine (C=N–C) groups is 2. The Kier molecular flexibility index (Phi) is 14.2. The van der Waals surface area contributed by atoms with Gasteiger partial charge in [-0.25, -0.2) is 9.97 Å². The monoisotopic (exact) mass is 1520 g/mol. The van der Waals surface area contributed by atoms with Crippen LogP contribution in [-0.2, 0) is 0 Å². The van der Waals surface area contributed by atoms with Crippen molar-refractivity contribution in [1.29, 1.82) is 0 Å². The minimum atomic E-state index is -0.451. The Balaban J connectivity index is 0.000000154. The van der Waals surface area contributed by atoms with E-state index in [9.17, 15) is 11.0 Å². The normalized spacial score (nSPS) is 16.6. The molecule has 0 spiro atoms. The molecule has 4 atom stereocenters. The van der Waals surface area contributed by atoms with Crippen molar-refractivity contribution in [1.82, 2.24) is 9.97 Å². The number of nitrogens with zero attached hydrogens (tertiary/aromatic N) is 4. The highest BCUT2D eigenvalue weighted by molar-refractivity contribution is 6.26. The van der Waals surface area contributed by atoms with Crippen LogP contribution in [0.25, 0.3) is 211 Å². The van der Waals surface area contributed by atoms with Crippen molar-refractivity contribution in [3.8, 4) is 123 Å². The van der Waals surface area contributed by atoms with E-state index in [0.29, 0.717) is 62.5 Å². The number of aromatic nitrogens is 2. The van der Waals surface area contributed by atoms with Gasteiger partial charge in [-0.15, -0.1) is 6.58 Å². The number of dihydropyridines is 1. The number of fused-ring (bicyclic) bond motifs is 8. The van der Waals surface area contributed by atoms with Gasteiger partial charge in [0.2, 0.25) is 0 Å². The standard InChI is InChI=1S/C60H40N2O.C52H34N2O/c1-3-37-24-27-42-30-35-52(62-58(42)57(37)61-2)49-34-33-46(47-22-10-11-23-48(47)49)44-20-13-21-45(36-44)56-55(38-14-6-4-7-15-38)60(63-59(56)43-16-8-5-9-17-43)51-32-29-41-26-25-39-18-12-19-40-28-31-50(51)54(41)53(39)40;1-2-12-33(13-3-1)49-42-19-6-8-21-44(42)50(45-22-9-7-20-43(45)49)48-30-29-47(55-48)37-15-10-14-36(32-37)38-26-27-41(40-18-5-4-17-39(38)40)46-28-25-35-24-23-34-16-11-31-53-51(34)52(35)54-46/h3-37,57H,1-2H2;1-32,34,51H/i10D,11D,22D,23D,33D,34D;4D,5D,17D,18D,26D,27D. The zero-order valence-electron chi connectivity index (χ0n) is 75.5. The third-order valence-electron chi connectivity index (χ3n) is 23.3. The molecule has 0 bridgehead atoms. The lowest BCUT2D eigenvalue weighted by molar-refractivity contribution is 0.595. The predicted octanol–water partition coefficient (Wildman–Crippen LogP) is 30.1. The Morgan fingerprint density at radius 2 is 0.831 bits per heavy atom. The topological polar surface area (TPSA) is 76.8 Å². The fourth-order valence-electron chi connectivity index (χ4n) is 17.9. The second-order valence-corrected chi connectivity index (χ2v) is 30.0. The van der Waals surface area contributed by atoms with Crippen molar-refractivity contribution in [3.05, 3.63) is 411 Å². The highest BCUT2D eigenvalue weighted by Gasteiger charge is 2.31. The maximum Gasteiger partial charge on any atom is 0.143 e. The van der Waals surface area contributed by atoms with Gasteiger partial charge in [0.05, 0.1) is 39.2 Å². The minimum Gasteiger partial charge on any atom is -0.456 e. The fourth-order valence-corrected chi connectivity index (χ4v) is 17.9. The number of hydrogen-bond donors (Lipinski definition) is 0. The molecule has 5 heterocycles. The van der Waals surface area contributed by atoms with Gasteiger partial charge < -0.3 is 8.83 Å². The number of pyridine rings is 2. The number of allylic oxidation sites excluding steroid dienone is 1. The van der Waals surface area contributed by atoms with Crippen molar-refractivity contribution in [2.45, 2.75) is 12.1 Å². The fraction of sp³-hybridized carbons (Fsp3) is 0.0357. The van der Waals surface area contributed by atoms with Crippen LogP contribution >= 0.6 is 0 Å². The van der Waals surface area contributed by atoms with Crippen LogP contribution in [0.4, 0.5) is 0 Å². The SMILES string of the molecule is [2H]c1c([2H])c([2H])c2c(-c3ccc4c(n3)C(N=C)C(C=C)C=C4)c([2H])c([2H])c(-c3cccc(-c4c(-c5ccccc5)oc(-c5ccc6ccc7cccc8ccc5c6c78)c4-c4ccccc4)c3)c2c1[2H].[2H]c1c([2H])c([2H])c2c(-c3ccc4c(n3)C3N=CC=CC3C=C4)c([2H])c([2H])c(-c3cccc(-c4ccc(-c5c6ccccc6c(-c6ccccc6)c6ccccc56)o4)c3)c2c1[2H]. The molecule has 0 radical (unpaired) electrons. The summed E-state index contributed by atoms with van der Waals surface area (Å²) in [5.41, 5.74) is 14.6. The summed E-state index contributed by atoms with van der Waals surface area (Å²) in [4.78, 5) is 19.1. The van der Waals surface area contributed by atoms with Gasteiger partial charge in [0.1, 0.15) is 35.1 Å². The summed E-state index contributed by atoms with van der Waals surface area (Å²) in [7, 11) is 0. The van der Waals surface area contributed by atoms with Crippen LogP contribution in [0.3, 0.4) is 0 Å². The summed E-state index contributed by atoms with van der Waals surface area (Å²) in [5.74, 6) is 2.47. The molecule has 1 aliphatic heterocycles. The van der Waals surface area contributed by atoms with E-state index in [0.717, 1.165) is 98.9 Å². The van der Waals surface area contributed by atoms with E-state index in [1.807, 2.05) is 164 Å². The summed E-state index contributed by atoms with van der Waals surface area (Å²) < 4.78 is 125. The number of hydrogen-bond acceptors (Lipinski definition) is 6. The molecular formula is C112H74N4O2. The van der Waals surface area contributed by atoms with Crippen LogP contribution in [-0.4, -0.2) is 22.9 Å². The smallest absolute Gasteiger partial charge is 0.143 e. The van der Waals surface area contributed by atoms with Crippen LogP contribution in [0.5, 0.6) is 0 Å². The maximum atomic E-state index is 9.79. The van der Waals surface area contributed by atoms with Gasteiger partial charge in [-0.2, -0.15) is 0 Å². The van der Waals surface area contributed by atoms with Crippen LogP contribution in [0.2, 0.25) is 0 Å². The molecule has 20 aromatic rings. The molecule has 23 rings (SSSR count). The predicted molar refractivity (Wildman–Crippen MR) is 494 cm³/mol. The number of furan rings is 2. The van der Waals surface area contributed by atoms with Crippen molar-refractivity contribution in [3.63, 3.8) is 0 Å². The summed E-state index contributed by atoms with van der Waals surface area (Å²) in [6.45, 7) is 7.81. The van der Waals surface area contributed by atoms with Crippen molar-refractivity contribution >= 4 is 100 Å². The molecule has 0 amide bonds. The van der Waals surface area contributed by atoms with Crippen LogP contribution in [0.1, 0.15) is 51.0 Å². The van der Waals surface area contributed by atoms with Gasteiger partial charge in [-0.1, -0.05) is 346 Å². The van der Waals surface area contributed by atoms with Crippen LogP contribution in [0, 0.1) is 11.8 Å². The Labute approximate surface area is 700 Å². The average Bonchev–Trinajstić information content (AvgIpc) is 0.742. The molecule has 4 aromatic heterocycles. The first kappa shape index (κ1) is 57.7. The minimum absolute atomic E-state index is 0.0234.